The molecule has 0 aliphatic carbocycles. The van der Waals surface area contributed by atoms with Crippen LogP contribution < -0.4 is 14.2 Å². The normalized spacial score (nSPS) is 10.2. The Morgan fingerprint density at radius 2 is 1.14 bits per heavy atom. The quantitative estimate of drug-likeness (QED) is 0.0345. The molecule has 12 heteroatoms. The lowest BCUT2D eigenvalue weighted by Crippen LogP contribution is -2.13. The van der Waals surface area contributed by atoms with Crippen molar-refractivity contribution in [1.82, 2.24) is 0 Å². The highest BCUT2D eigenvalue weighted by atomic mass is 16.7. The molecule has 0 saturated carbocycles. The lowest BCUT2D eigenvalue weighted by atomic mass is 10.0. The first-order valence-electron chi connectivity index (χ1n) is 15.4. The third-order valence-corrected chi connectivity index (χ3v) is 6.63. The predicted octanol–water partition coefficient (Wildman–Crippen LogP) is 6.42. The van der Waals surface area contributed by atoms with Gasteiger partial charge in [0.05, 0.1) is 45.5 Å². The second-order valence-electron chi connectivity index (χ2n) is 10.3. The molecule has 0 fully saturated rings. The molecule has 0 heterocycles. The molecule has 3 aromatic carbocycles. The molecule has 0 unspecified atom stereocenters. The van der Waals surface area contributed by atoms with Crippen molar-refractivity contribution in [2.24, 2.45) is 0 Å². The number of ether oxygens (including phenoxy) is 7. The number of unbranched alkanes of at least 4 members (excludes halogenated alkanes) is 2. The van der Waals surface area contributed by atoms with Gasteiger partial charge < -0.3 is 33.2 Å². The summed E-state index contributed by atoms with van der Waals surface area (Å²) in [4.78, 5) is 58.6. The highest BCUT2D eigenvalue weighted by Crippen LogP contribution is 2.24. The number of rotatable bonds is 19. The fourth-order valence-electron chi connectivity index (χ4n) is 3.98. The van der Waals surface area contributed by atoms with Crippen molar-refractivity contribution in [1.29, 1.82) is 0 Å². The molecule has 49 heavy (non-hydrogen) atoms. The summed E-state index contributed by atoms with van der Waals surface area (Å²) < 4.78 is 35.8. The summed E-state index contributed by atoms with van der Waals surface area (Å²) in [5.74, 6) is -0.970. The van der Waals surface area contributed by atoms with Crippen molar-refractivity contribution < 1.29 is 57.1 Å². The average Bonchev–Trinajstić information content (AvgIpc) is 3.11. The van der Waals surface area contributed by atoms with Crippen LogP contribution in [0.4, 0.5) is 4.79 Å². The van der Waals surface area contributed by atoms with E-state index in [4.69, 9.17) is 28.4 Å². The van der Waals surface area contributed by atoms with Crippen molar-refractivity contribution in [3.63, 3.8) is 0 Å². The van der Waals surface area contributed by atoms with E-state index in [1.807, 2.05) is 0 Å². The molecule has 0 atom stereocenters. The van der Waals surface area contributed by atoms with E-state index in [-0.39, 0.29) is 31.8 Å². The molecule has 0 aliphatic rings. The average molecular weight is 675 g/mol. The molecule has 3 rings (SSSR count). The van der Waals surface area contributed by atoms with E-state index >= 15 is 0 Å². The first-order chi connectivity index (χ1) is 23.7. The zero-order valence-corrected chi connectivity index (χ0v) is 27.2. The molecule has 0 saturated heterocycles. The van der Waals surface area contributed by atoms with Crippen LogP contribution in [0.2, 0.25) is 0 Å². The van der Waals surface area contributed by atoms with Gasteiger partial charge in [0.1, 0.15) is 17.2 Å². The standard InChI is InChI=1S/C37H38O12/c1-4-33(38)45-22-6-8-24-47-37(42)49-32-15-13-28(14-16-32)27-9-11-29(12-10-27)36(41)48-31-19-17-30(18-20-31)44-21-5-7-23-46-35(40)26(2)25-34(39)43-3/h4,9-20H,1-2,5-8,21-25H2,3H3. The second-order valence-corrected chi connectivity index (χ2v) is 10.3. The van der Waals surface area contributed by atoms with Gasteiger partial charge in [0, 0.05) is 11.6 Å². The molecule has 12 nitrogen and oxygen atoms in total. The summed E-state index contributed by atoms with van der Waals surface area (Å²) >= 11 is 0. The van der Waals surface area contributed by atoms with Crippen molar-refractivity contribution in [2.45, 2.75) is 32.1 Å². The molecular formula is C37H38O12. The third kappa shape index (κ3) is 13.8. The molecule has 3 aromatic rings. The van der Waals surface area contributed by atoms with Crippen LogP contribution in [0.1, 0.15) is 42.5 Å². The number of hydrogen-bond acceptors (Lipinski definition) is 12. The molecule has 0 N–H and O–H groups in total. The minimum atomic E-state index is -0.837. The van der Waals surface area contributed by atoms with E-state index in [1.54, 1.807) is 72.8 Å². The van der Waals surface area contributed by atoms with Gasteiger partial charge in [0.15, 0.2) is 0 Å². The summed E-state index contributed by atoms with van der Waals surface area (Å²) in [5, 5.41) is 0. The fourth-order valence-corrected chi connectivity index (χ4v) is 3.98. The van der Waals surface area contributed by atoms with E-state index in [0.29, 0.717) is 55.1 Å². The topological polar surface area (TPSA) is 150 Å². The van der Waals surface area contributed by atoms with Gasteiger partial charge in [-0.05, 0) is 85.3 Å². The number of carbonyl (C=O) groups is 5. The molecular weight excluding hydrogens is 636 g/mol. The molecule has 0 spiro atoms. The highest BCUT2D eigenvalue weighted by Gasteiger charge is 2.14. The number of benzene rings is 3. The van der Waals surface area contributed by atoms with Gasteiger partial charge in [-0.15, -0.1) is 0 Å². The lowest BCUT2D eigenvalue weighted by molar-refractivity contribution is -0.144. The number of hydrogen-bond donors (Lipinski definition) is 0. The number of carbonyl (C=O) groups excluding carboxylic acids is 5. The van der Waals surface area contributed by atoms with Gasteiger partial charge in [-0.3, -0.25) is 4.79 Å². The van der Waals surface area contributed by atoms with E-state index in [0.717, 1.165) is 17.2 Å². The Morgan fingerprint density at radius 1 is 0.633 bits per heavy atom. The lowest BCUT2D eigenvalue weighted by Gasteiger charge is -2.09. The molecule has 0 aliphatic heterocycles. The van der Waals surface area contributed by atoms with Gasteiger partial charge in [0.25, 0.3) is 0 Å². The summed E-state index contributed by atoms with van der Waals surface area (Å²) in [6, 6.07) is 20.3. The molecule has 258 valence electrons. The smallest absolute Gasteiger partial charge is 0.494 e. The van der Waals surface area contributed by atoms with Crippen molar-refractivity contribution in [2.75, 3.05) is 33.5 Å². The summed E-state index contributed by atoms with van der Waals surface area (Å²) in [6.45, 7) is 7.72. The number of esters is 4. The van der Waals surface area contributed by atoms with E-state index in [2.05, 4.69) is 17.9 Å². The summed E-state index contributed by atoms with van der Waals surface area (Å²) in [7, 11) is 1.23. The van der Waals surface area contributed by atoms with Gasteiger partial charge >= 0.3 is 30.0 Å². The maximum absolute atomic E-state index is 12.7. The number of methoxy groups -OCH3 is 1. The van der Waals surface area contributed by atoms with Crippen LogP contribution in [0, 0.1) is 0 Å². The Hall–Kier alpha value is -5.91. The molecule has 0 radical (unpaired) electrons. The SMILES string of the molecule is C=CC(=O)OCCCCOC(=O)Oc1ccc(-c2ccc(C(=O)Oc3ccc(OCCCCOC(=O)C(=C)CC(=O)OC)cc3)cc2)cc1. The molecule has 0 bridgehead atoms. The van der Waals surface area contributed by atoms with Crippen LogP contribution in [-0.4, -0.2) is 63.6 Å². The van der Waals surface area contributed by atoms with Crippen LogP contribution in [0.15, 0.2) is 97.6 Å². The maximum atomic E-state index is 12.7. The van der Waals surface area contributed by atoms with Gasteiger partial charge in [-0.1, -0.05) is 37.4 Å². The minimum Gasteiger partial charge on any atom is -0.494 e. The van der Waals surface area contributed by atoms with Gasteiger partial charge in [-0.2, -0.15) is 0 Å². The Kier molecular flexibility index (Phi) is 15.6. The van der Waals surface area contributed by atoms with Crippen LogP contribution in [0.25, 0.3) is 11.1 Å². The molecule has 0 amide bonds. The third-order valence-electron chi connectivity index (χ3n) is 6.63. The van der Waals surface area contributed by atoms with E-state index in [9.17, 15) is 24.0 Å². The predicted molar refractivity (Wildman–Crippen MR) is 177 cm³/mol. The van der Waals surface area contributed by atoms with Crippen LogP contribution in [-0.2, 0) is 33.3 Å². The van der Waals surface area contributed by atoms with E-state index in [1.165, 1.54) is 7.11 Å². The van der Waals surface area contributed by atoms with Gasteiger partial charge in [-0.25, -0.2) is 19.2 Å². The first-order valence-corrected chi connectivity index (χ1v) is 15.4. The van der Waals surface area contributed by atoms with Crippen molar-refractivity contribution in [3.8, 4) is 28.4 Å². The fraction of sp³-hybridized carbons (Fsp3) is 0.270. The molecule has 0 aromatic heterocycles. The largest absolute Gasteiger partial charge is 0.513 e. The van der Waals surface area contributed by atoms with Crippen LogP contribution in [0.3, 0.4) is 0 Å². The Labute approximate surface area is 284 Å². The Balaban J connectivity index is 1.35. The van der Waals surface area contributed by atoms with Crippen LogP contribution >= 0.6 is 0 Å². The van der Waals surface area contributed by atoms with Gasteiger partial charge in [0.2, 0.25) is 0 Å². The van der Waals surface area contributed by atoms with Crippen molar-refractivity contribution in [3.05, 3.63) is 103 Å². The maximum Gasteiger partial charge on any atom is 0.513 e. The Morgan fingerprint density at radius 3 is 1.76 bits per heavy atom. The van der Waals surface area contributed by atoms with Crippen LogP contribution in [0.5, 0.6) is 17.2 Å². The monoisotopic (exact) mass is 674 g/mol. The van der Waals surface area contributed by atoms with Crippen molar-refractivity contribution >= 4 is 30.0 Å². The zero-order chi connectivity index (χ0) is 35.4. The minimum absolute atomic E-state index is 0.0363. The second kappa shape index (κ2) is 20.4. The first kappa shape index (κ1) is 37.5. The summed E-state index contributed by atoms with van der Waals surface area (Å²) in [5.41, 5.74) is 2.08. The summed E-state index contributed by atoms with van der Waals surface area (Å²) in [6.07, 6.45) is 2.26. The highest BCUT2D eigenvalue weighted by molar-refractivity contribution is 5.93. The van der Waals surface area contributed by atoms with E-state index < -0.39 is 30.0 Å². The Bertz CT molecular complexity index is 1580. The zero-order valence-electron chi connectivity index (χ0n) is 27.2.